The fourth-order valence-electron chi connectivity index (χ4n) is 3.25. The summed E-state index contributed by atoms with van der Waals surface area (Å²) in [5, 5.41) is 12.9. The standard InChI is InChI=1S/C20H17F3N6O2S/c1-10(11-5-12(20(21,22)23)7-13(24)6-11)26-18(30)16-17-15(3-4-32-17)19(31)29(27-16)14-8-25-28(2)9-14/h3-10H,24H2,1-2H3,(H,26,30)/t10-/m1/s1. The van der Waals surface area contributed by atoms with E-state index in [9.17, 15) is 22.8 Å². The summed E-state index contributed by atoms with van der Waals surface area (Å²) in [6, 6.07) is 3.92. The van der Waals surface area contributed by atoms with Crippen LogP contribution in [0.3, 0.4) is 0 Å². The van der Waals surface area contributed by atoms with E-state index in [0.717, 1.165) is 16.8 Å². The van der Waals surface area contributed by atoms with Crippen LogP contribution >= 0.6 is 11.3 Å². The Bertz CT molecular complexity index is 1390. The van der Waals surface area contributed by atoms with Gasteiger partial charge in [0.2, 0.25) is 0 Å². The predicted octanol–water partition coefficient (Wildman–Crippen LogP) is 3.27. The van der Waals surface area contributed by atoms with Gasteiger partial charge in [-0.05, 0) is 42.1 Å². The van der Waals surface area contributed by atoms with Crippen molar-refractivity contribution < 1.29 is 18.0 Å². The third-order valence-electron chi connectivity index (χ3n) is 4.81. The number of hydrogen-bond acceptors (Lipinski definition) is 6. The molecule has 1 aromatic carbocycles. The minimum absolute atomic E-state index is 0.0229. The molecule has 4 rings (SSSR count). The van der Waals surface area contributed by atoms with Crippen LogP contribution in [0.2, 0.25) is 0 Å². The summed E-state index contributed by atoms with van der Waals surface area (Å²) in [4.78, 5) is 25.9. The van der Waals surface area contributed by atoms with Crippen molar-refractivity contribution in [1.82, 2.24) is 24.9 Å². The Morgan fingerprint density at radius 2 is 2.03 bits per heavy atom. The van der Waals surface area contributed by atoms with Crippen molar-refractivity contribution in [2.45, 2.75) is 19.1 Å². The number of aromatic nitrogens is 4. The maximum atomic E-state index is 13.1. The molecule has 3 heterocycles. The number of fused-ring (bicyclic) bond motifs is 1. The molecule has 0 aliphatic carbocycles. The number of aryl methyl sites for hydroxylation is 1. The molecule has 8 nitrogen and oxygen atoms in total. The predicted molar refractivity (Wildman–Crippen MR) is 114 cm³/mol. The van der Waals surface area contributed by atoms with E-state index in [1.54, 1.807) is 24.7 Å². The van der Waals surface area contributed by atoms with E-state index in [1.807, 2.05) is 0 Å². The number of rotatable bonds is 4. The summed E-state index contributed by atoms with van der Waals surface area (Å²) in [7, 11) is 1.67. The van der Waals surface area contributed by atoms with Gasteiger partial charge in [-0.25, -0.2) is 0 Å². The van der Waals surface area contributed by atoms with Gasteiger partial charge in [-0.1, -0.05) is 0 Å². The average molecular weight is 462 g/mol. The molecule has 4 aromatic rings. The molecule has 0 saturated heterocycles. The van der Waals surface area contributed by atoms with Crippen molar-refractivity contribution in [1.29, 1.82) is 0 Å². The number of halogens is 3. The molecule has 1 amide bonds. The minimum atomic E-state index is -4.57. The lowest BCUT2D eigenvalue weighted by molar-refractivity contribution is -0.137. The summed E-state index contributed by atoms with van der Waals surface area (Å²) < 4.78 is 42.3. The van der Waals surface area contributed by atoms with Gasteiger partial charge in [0.25, 0.3) is 11.5 Å². The van der Waals surface area contributed by atoms with Crippen LogP contribution in [-0.2, 0) is 13.2 Å². The molecule has 166 valence electrons. The Morgan fingerprint density at radius 1 is 1.28 bits per heavy atom. The Kier molecular flexibility index (Phi) is 5.25. The van der Waals surface area contributed by atoms with E-state index in [2.05, 4.69) is 15.5 Å². The normalized spacial score (nSPS) is 12.8. The first kappa shape index (κ1) is 21.6. The fourth-order valence-corrected chi connectivity index (χ4v) is 4.11. The molecule has 0 radical (unpaired) electrons. The second-order valence-corrected chi connectivity index (χ2v) is 8.10. The van der Waals surface area contributed by atoms with Crippen molar-refractivity contribution in [3.05, 3.63) is 69.2 Å². The number of nitrogen functional groups attached to an aromatic ring is 1. The molecule has 0 fully saturated rings. The smallest absolute Gasteiger partial charge is 0.399 e. The molecule has 3 N–H and O–H groups in total. The van der Waals surface area contributed by atoms with Crippen LogP contribution in [0.1, 0.15) is 34.6 Å². The first-order chi connectivity index (χ1) is 15.0. The summed E-state index contributed by atoms with van der Waals surface area (Å²) >= 11 is 1.17. The van der Waals surface area contributed by atoms with Gasteiger partial charge in [-0.3, -0.25) is 14.3 Å². The van der Waals surface area contributed by atoms with Crippen molar-refractivity contribution in [2.24, 2.45) is 7.05 Å². The van der Waals surface area contributed by atoms with Gasteiger partial charge >= 0.3 is 6.18 Å². The number of benzene rings is 1. The van der Waals surface area contributed by atoms with Crippen LogP contribution in [0.15, 0.2) is 46.8 Å². The molecule has 32 heavy (non-hydrogen) atoms. The maximum Gasteiger partial charge on any atom is 0.416 e. The number of hydrogen-bond donors (Lipinski definition) is 2. The van der Waals surface area contributed by atoms with Gasteiger partial charge in [-0.2, -0.15) is 28.1 Å². The van der Waals surface area contributed by atoms with Crippen molar-refractivity contribution >= 4 is 33.0 Å². The number of carbonyl (C=O) groups is 1. The second-order valence-electron chi connectivity index (χ2n) is 7.18. The highest BCUT2D eigenvalue weighted by molar-refractivity contribution is 7.17. The summed E-state index contributed by atoms with van der Waals surface area (Å²) in [6.45, 7) is 1.54. The first-order valence-electron chi connectivity index (χ1n) is 9.32. The molecule has 0 unspecified atom stereocenters. The van der Waals surface area contributed by atoms with Crippen molar-refractivity contribution in [2.75, 3.05) is 5.73 Å². The van der Waals surface area contributed by atoms with E-state index < -0.39 is 29.2 Å². The third-order valence-corrected chi connectivity index (χ3v) is 5.73. The van der Waals surface area contributed by atoms with Crippen LogP contribution < -0.4 is 16.6 Å². The Hall–Kier alpha value is -3.67. The number of alkyl halides is 3. The molecule has 0 aliphatic rings. The highest BCUT2D eigenvalue weighted by atomic mass is 32.1. The minimum Gasteiger partial charge on any atom is -0.399 e. The highest BCUT2D eigenvalue weighted by Crippen LogP contribution is 2.33. The van der Waals surface area contributed by atoms with E-state index in [4.69, 9.17) is 5.73 Å². The van der Waals surface area contributed by atoms with E-state index >= 15 is 0 Å². The molecule has 3 aromatic heterocycles. The maximum absolute atomic E-state index is 13.1. The van der Waals surface area contributed by atoms with Crippen molar-refractivity contribution in [3.8, 4) is 5.69 Å². The molecule has 12 heteroatoms. The first-order valence-corrected chi connectivity index (χ1v) is 10.2. The van der Waals surface area contributed by atoms with Gasteiger partial charge in [0.05, 0.1) is 34.1 Å². The van der Waals surface area contributed by atoms with Gasteiger partial charge in [0.15, 0.2) is 5.69 Å². The Labute approximate surface area is 183 Å². The molecule has 0 saturated carbocycles. The zero-order valence-electron chi connectivity index (χ0n) is 16.8. The number of nitrogens with two attached hydrogens (primary N) is 1. The monoisotopic (exact) mass is 462 g/mol. The highest BCUT2D eigenvalue weighted by Gasteiger charge is 2.31. The number of amides is 1. The van der Waals surface area contributed by atoms with Gasteiger partial charge < -0.3 is 11.1 Å². The van der Waals surface area contributed by atoms with Crippen LogP contribution in [0.25, 0.3) is 15.8 Å². The van der Waals surface area contributed by atoms with Gasteiger partial charge in [-0.15, -0.1) is 11.3 Å². The van der Waals surface area contributed by atoms with Gasteiger partial charge in [0, 0.05) is 12.7 Å². The number of carbonyl (C=O) groups excluding carboxylic acids is 1. The molecule has 0 spiro atoms. The lowest BCUT2D eigenvalue weighted by Gasteiger charge is -2.17. The third kappa shape index (κ3) is 3.96. The second kappa shape index (κ2) is 7.79. The summed E-state index contributed by atoms with van der Waals surface area (Å²) in [5.41, 5.74) is 4.78. The molecular weight excluding hydrogens is 445 g/mol. The zero-order chi connectivity index (χ0) is 23.2. The van der Waals surface area contributed by atoms with E-state index in [-0.39, 0.29) is 16.9 Å². The topological polar surface area (TPSA) is 108 Å². The van der Waals surface area contributed by atoms with Gasteiger partial charge in [0.1, 0.15) is 5.69 Å². The molecule has 0 bridgehead atoms. The number of thiophene rings is 1. The Balaban J connectivity index is 1.72. The lowest BCUT2D eigenvalue weighted by atomic mass is 10.0. The zero-order valence-corrected chi connectivity index (χ0v) is 17.7. The average Bonchev–Trinajstić information content (AvgIpc) is 3.36. The fraction of sp³-hybridized carbons (Fsp3) is 0.200. The molecular formula is C20H17F3N6O2S. The summed E-state index contributed by atoms with van der Waals surface area (Å²) in [5.74, 6) is -0.640. The molecule has 0 aliphatic heterocycles. The number of nitrogens with zero attached hydrogens (tertiary/aromatic N) is 4. The largest absolute Gasteiger partial charge is 0.416 e. The van der Waals surface area contributed by atoms with E-state index in [0.29, 0.717) is 15.8 Å². The summed E-state index contributed by atoms with van der Waals surface area (Å²) in [6.07, 6.45) is -1.57. The lowest BCUT2D eigenvalue weighted by Crippen LogP contribution is -2.31. The van der Waals surface area contributed by atoms with Crippen LogP contribution in [0, 0.1) is 0 Å². The number of nitrogens with one attached hydrogen (secondary N) is 1. The quantitative estimate of drug-likeness (QED) is 0.453. The van der Waals surface area contributed by atoms with Crippen molar-refractivity contribution in [3.63, 3.8) is 0 Å². The number of anilines is 1. The Morgan fingerprint density at radius 3 is 2.69 bits per heavy atom. The van der Waals surface area contributed by atoms with Crippen LogP contribution in [0.5, 0.6) is 0 Å². The SMILES string of the molecule is C[C@@H](NC(=O)c1nn(-c2cnn(C)c2)c(=O)c2ccsc12)c1cc(N)cc(C(F)(F)F)c1. The van der Waals surface area contributed by atoms with Crippen LogP contribution in [0.4, 0.5) is 18.9 Å². The van der Waals surface area contributed by atoms with E-state index in [1.165, 1.54) is 35.2 Å². The van der Waals surface area contributed by atoms with Crippen LogP contribution in [-0.4, -0.2) is 25.5 Å². The molecule has 1 atom stereocenters.